The molecule has 0 spiro atoms. The molecular formula is C45H34N2O. The van der Waals surface area contributed by atoms with Gasteiger partial charge in [0.1, 0.15) is 11.2 Å². The first-order valence-electron chi connectivity index (χ1n) is 16.8. The zero-order valence-electron chi connectivity index (χ0n) is 27.5. The van der Waals surface area contributed by atoms with E-state index in [4.69, 9.17) is 4.42 Å². The molecule has 0 saturated carbocycles. The molecule has 0 aliphatic heterocycles. The van der Waals surface area contributed by atoms with Gasteiger partial charge in [-0.1, -0.05) is 104 Å². The summed E-state index contributed by atoms with van der Waals surface area (Å²) in [7, 11) is 2.16. The Bertz CT molecular complexity index is 2790. The predicted octanol–water partition coefficient (Wildman–Crippen LogP) is 12.5. The van der Waals surface area contributed by atoms with Gasteiger partial charge in [-0.15, -0.1) is 0 Å². The summed E-state index contributed by atoms with van der Waals surface area (Å²) in [6, 6.07) is 48.9. The maximum absolute atomic E-state index is 6.46. The number of hydrogen-bond acceptors (Lipinski definition) is 2. The van der Waals surface area contributed by atoms with Gasteiger partial charge in [-0.05, 0) is 83.1 Å². The van der Waals surface area contributed by atoms with Crippen LogP contribution >= 0.6 is 0 Å². The molecule has 0 N–H and O–H groups in total. The lowest BCUT2D eigenvalue weighted by atomic mass is 9.81. The summed E-state index contributed by atoms with van der Waals surface area (Å²) in [4.78, 5) is 2.48. The molecule has 7 aromatic carbocycles. The van der Waals surface area contributed by atoms with Crippen LogP contribution in [0.25, 0.3) is 65.6 Å². The van der Waals surface area contributed by atoms with E-state index in [1.807, 2.05) is 6.07 Å². The van der Waals surface area contributed by atoms with Crippen molar-refractivity contribution in [1.82, 2.24) is 4.57 Å². The van der Waals surface area contributed by atoms with Crippen LogP contribution < -0.4 is 4.90 Å². The maximum atomic E-state index is 6.46. The monoisotopic (exact) mass is 618 g/mol. The lowest BCUT2D eigenvalue weighted by Gasteiger charge is -2.30. The van der Waals surface area contributed by atoms with Crippen molar-refractivity contribution in [2.75, 3.05) is 4.90 Å². The maximum Gasteiger partial charge on any atom is 0.137 e. The van der Waals surface area contributed by atoms with Crippen LogP contribution in [0, 0.1) is 6.92 Å². The highest BCUT2D eigenvalue weighted by Gasteiger charge is 2.38. The average Bonchev–Trinajstić information content (AvgIpc) is 3.71. The minimum absolute atomic E-state index is 0.158. The molecule has 3 heteroatoms. The third kappa shape index (κ3) is 3.59. The second-order valence-electron chi connectivity index (χ2n) is 13.9. The fourth-order valence-electron chi connectivity index (χ4n) is 8.51. The van der Waals surface area contributed by atoms with Gasteiger partial charge >= 0.3 is 0 Å². The van der Waals surface area contributed by atoms with Gasteiger partial charge in [-0.25, -0.2) is 0 Å². The molecule has 9 aromatic rings. The summed E-state index contributed by atoms with van der Waals surface area (Å²) in [5.41, 5.74) is 14.2. The zero-order valence-corrected chi connectivity index (χ0v) is 27.5. The van der Waals surface area contributed by atoms with Crippen LogP contribution in [0.3, 0.4) is 0 Å². The van der Waals surface area contributed by atoms with E-state index in [1.54, 1.807) is 0 Å². The van der Waals surface area contributed by atoms with Crippen molar-refractivity contribution >= 4 is 71.6 Å². The summed E-state index contributed by atoms with van der Waals surface area (Å²) in [5.74, 6) is 0. The molecular weight excluding hydrogens is 585 g/mol. The first-order chi connectivity index (χ1) is 23.4. The van der Waals surface area contributed by atoms with Crippen LogP contribution in [0.5, 0.6) is 0 Å². The Morgan fingerprint density at radius 3 is 2.12 bits per heavy atom. The van der Waals surface area contributed by atoms with Gasteiger partial charge in [0.15, 0.2) is 0 Å². The van der Waals surface area contributed by atoms with Crippen molar-refractivity contribution in [3.05, 3.63) is 150 Å². The number of rotatable bonds is 3. The highest BCUT2D eigenvalue weighted by atomic mass is 16.3. The van der Waals surface area contributed by atoms with Crippen molar-refractivity contribution in [2.24, 2.45) is 7.05 Å². The predicted molar refractivity (Wildman–Crippen MR) is 202 cm³/mol. The minimum Gasteiger partial charge on any atom is -0.456 e. The number of para-hydroxylation sites is 2. The van der Waals surface area contributed by atoms with Crippen molar-refractivity contribution in [1.29, 1.82) is 0 Å². The average molecular weight is 619 g/mol. The number of nitrogens with zero attached hydrogens (tertiary/aromatic N) is 2. The Hall–Kier alpha value is -5.80. The summed E-state index contributed by atoms with van der Waals surface area (Å²) in [6.45, 7) is 6.96. The molecule has 48 heavy (non-hydrogen) atoms. The first-order valence-corrected chi connectivity index (χ1v) is 16.8. The number of anilines is 3. The summed E-state index contributed by atoms with van der Waals surface area (Å²) in [6.07, 6.45) is 0. The van der Waals surface area contributed by atoms with Crippen LogP contribution in [0.1, 0.15) is 30.5 Å². The molecule has 10 rings (SSSR count). The van der Waals surface area contributed by atoms with Gasteiger partial charge in [0, 0.05) is 50.7 Å². The van der Waals surface area contributed by atoms with E-state index in [9.17, 15) is 0 Å². The largest absolute Gasteiger partial charge is 0.456 e. The third-order valence-corrected chi connectivity index (χ3v) is 10.8. The van der Waals surface area contributed by atoms with E-state index < -0.39 is 0 Å². The van der Waals surface area contributed by atoms with Crippen molar-refractivity contribution in [3.63, 3.8) is 0 Å². The standard InChI is InChI=1S/C45H34N2O/c1-27-20-22-32-35(24-27)45(2,3)36-26-40(29-12-5-6-14-31(29)43(32)36)47(39-17-11-19-42-44(39)33-15-8-10-18-41(33)48-42)28-21-23-38-34(25-28)30-13-7-9-16-37(30)46(38)4/h5-26H,1-4H3. The molecule has 0 bridgehead atoms. The van der Waals surface area contributed by atoms with Gasteiger partial charge in [-0.2, -0.15) is 0 Å². The summed E-state index contributed by atoms with van der Waals surface area (Å²) in [5, 5.41) is 7.24. The molecule has 0 fully saturated rings. The molecule has 0 saturated heterocycles. The van der Waals surface area contributed by atoms with Crippen LogP contribution in [-0.2, 0) is 12.5 Å². The fraction of sp³-hybridized carbons (Fsp3) is 0.111. The highest BCUT2D eigenvalue weighted by molar-refractivity contribution is 6.17. The number of hydrogen-bond donors (Lipinski definition) is 0. The van der Waals surface area contributed by atoms with Gasteiger partial charge in [0.05, 0.1) is 16.8 Å². The molecule has 3 nitrogen and oxygen atoms in total. The number of fused-ring (bicyclic) bond motifs is 11. The molecule has 1 aliphatic carbocycles. The smallest absolute Gasteiger partial charge is 0.137 e. The summed E-state index contributed by atoms with van der Waals surface area (Å²) >= 11 is 0. The van der Waals surface area contributed by atoms with E-state index in [-0.39, 0.29) is 5.41 Å². The van der Waals surface area contributed by atoms with Crippen molar-refractivity contribution in [2.45, 2.75) is 26.2 Å². The van der Waals surface area contributed by atoms with Crippen LogP contribution in [0.15, 0.2) is 138 Å². The molecule has 0 amide bonds. The summed E-state index contributed by atoms with van der Waals surface area (Å²) < 4.78 is 8.77. The highest BCUT2D eigenvalue weighted by Crippen LogP contribution is 2.55. The quantitative estimate of drug-likeness (QED) is 0.196. The van der Waals surface area contributed by atoms with Crippen LogP contribution in [0.4, 0.5) is 17.1 Å². The number of benzene rings is 7. The normalized spacial score (nSPS) is 13.6. The molecule has 230 valence electrons. The number of aromatic nitrogens is 1. The Morgan fingerprint density at radius 1 is 0.562 bits per heavy atom. The first kappa shape index (κ1) is 27.3. The van der Waals surface area contributed by atoms with Gasteiger partial charge in [0.25, 0.3) is 0 Å². The second-order valence-corrected chi connectivity index (χ2v) is 13.9. The molecule has 0 unspecified atom stereocenters. The number of furan rings is 1. The number of aryl methyl sites for hydroxylation is 2. The van der Waals surface area contributed by atoms with E-state index >= 15 is 0 Å². The van der Waals surface area contributed by atoms with E-state index in [0.717, 1.165) is 33.3 Å². The Kier molecular flexibility index (Phi) is 5.48. The van der Waals surface area contributed by atoms with Crippen molar-refractivity contribution in [3.8, 4) is 11.1 Å². The van der Waals surface area contributed by atoms with E-state index in [2.05, 4.69) is 165 Å². The van der Waals surface area contributed by atoms with Gasteiger partial charge in [-0.3, -0.25) is 0 Å². The lowest BCUT2D eigenvalue weighted by Crippen LogP contribution is -2.17. The fourth-order valence-corrected chi connectivity index (χ4v) is 8.51. The van der Waals surface area contributed by atoms with E-state index in [1.165, 1.54) is 66.1 Å². The second kappa shape index (κ2) is 9.62. The van der Waals surface area contributed by atoms with E-state index in [0.29, 0.717) is 0 Å². The minimum atomic E-state index is -0.158. The third-order valence-electron chi connectivity index (χ3n) is 10.8. The SMILES string of the molecule is Cc1ccc2c(c1)C(C)(C)c1cc(N(c3ccc4c(c3)c3ccccc3n4C)c3cccc4oc5ccccc5c34)c3ccccc3c1-2. The topological polar surface area (TPSA) is 21.3 Å². The zero-order chi connectivity index (χ0) is 32.3. The molecule has 0 atom stereocenters. The Morgan fingerprint density at radius 2 is 1.27 bits per heavy atom. The van der Waals surface area contributed by atoms with Crippen LogP contribution in [-0.4, -0.2) is 4.57 Å². The Balaban J connectivity index is 1.35. The lowest BCUT2D eigenvalue weighted by molar-refractivity contribution is 0.660. The molecule has 2 heterocycles. The van der Waals surface area contributed by atoms with Crippen LogP contribution in [0.2, 0.25) is 0 Å². The van der Waals surface area contributed by atoms with Gasteiger partial charge in [0.2, 0.25) is 0 Å². The van der Waals surface area contributed by atoms with Gasteiger partial charge < -0.3 is 13.9 Å². The Labute approximate surface area is 279 Å². The molecule has 2 aromatic heterocycles. The van der Waals surface area contributed by atoms with Crippen molar-refractivity contribution < 1.29 is 4.42 Å². The molecule has 1 aliphatic rings. The molecule has 0 radical (unpaired) electrons.